The van der Waals surface area contributed by atoms with E-state index in [9.17, 15) is 26.3 Å². The lowest BCUT2D eigenvalue weighted by Crippen LogP contribution is -2.51. The van der Waals surface area contributed by atoms with Gasteiger partial charge in [0.25, 0.3) is 0 Å². The SMILES string of the molecule is Cc1cc(C2CCC(C(F)(F)F)(C(F)(F)F)CC2)cc(C(C)C)c1C. The monoisotopic (exact) mass is 366 g/mol. The van der Waals surface area contributed by atoms with E-state index in [2.05, 4.69) is 0 Å². The molecule has 1 saturated carbocycles. The predicted octanol–water partition coefficient (Wildman–Crippen LogP) is 7.20. The molecule has 0 spiro atoms. The van der Waals surface area contributed by atoms with E-state index >= 15 is 0 Å². The molecule has 6 heteroatoms. The van der Waals surface area contributed by atoms with Gasteiger partial charge in [-0.25, -0.2) is 0 Å². The van der Waals surface area contributed by atoms with Crippen molar-refractivity contribution < 1.29 is 26.3 Å². The second-order valence-electron chi connectivity index (χ2n) is 7.56. The van der Waals surface area contributed by atoms with E-state index in [0.29, 0.717) is 0 Å². The molecule has 1 aliphatic carbocycles. The third-order valence-electron chi connectivity index (χ3n) is 5.75. The molecule has 25 heavy (non-hydrogen) atoms. The highest BCUT2D eigenvalue weighted by molar-refractivity contribution is 5.41. The van der Waals surface area contributed by atoms with Crippen LogP contribution < -0.4 is 0 Å². The standard InChI is InChI=1S/C19H24F6/c1-11(2)16-10-15(9-12(3)13(16)4)14-5-7-17(8-6-14,18(20,21)22)19(23,24)25/h9-11,14H,5-8H2,1-4H3. The van der Waals surface area contributed by atoms with E-state index < -0.39 is 30.6 Å². The summed E-state index contributed by atoms with van der Waals surface area (Å²) < 4.78 is 79.1. The molecule has 0 radical (unpaired) electrons. The van der Waals surface area contributed by atoms with Gasteiger partial charge in [0.1, 0.15) is 0 Å². The summed E-state index contributed by atoms with van der Waals surface area (Å²) in [7, 11) is 0. The first-order chi connectivity index (χ1) is 11.3. The van der Waals surface area contributed by atoms with Gasteiger partial charge in [-0.1, -0.05) is 26.0 Å². The van der Waals surface area contributed by atoms with Crippen molar-refractivity contribution in [1.29, 1.82) is 0 Å². The average molecular weight is 366 g/mol. The molecule has 2 rings (SSSR count). The van der Waals surface area contributed by atoms with Crippen LogP contribution in [0.1, 0.15) is 73.6 Å². The first-order valence-corrected chi connectivity index (χ1v) is 8.54. The van der Waals surface area contributed by atoms with Crippen LogP contribution in [0.4, 0.5) is 26.3 Å². The first-order valence-electron chi connectivity index (χ1n) is 8.54. The molecule has 0 aromatic heterocycles. The van der Waals surface area contributed by atoms with Crippen molar-refractivity contribution in [2.45, 2.75) is 77.6 Å². The van der Waals surface area contributed by atoms with E-state index in [1.807, 2.05) is 39.8 Å². The van der Waals surface area contributed by atoms with Gasteiger partial charge in [0.15, 0.2) is 5.41 Å². The number of halogens is 6. The molecule has 1 fully saturated rings. The highest BCUT2D eigenvalue weighted by atomic mass is 19.4. The molecule has 0 aliphatic heterocycles. The molecule has 0 nitrogen and oxygen atoms in total. The van der Waals surface area contributed by atoms with Crippen molar-refractivity contribution >= 4 is 0 Å². The number of aryl methyl sites for hydroxylation is 1. The van der Waals surface area contributed by atoms with Crippen molar-refractivity contribution in [3.05, 3.63) is 34.4 Å². The second-order valence-corrected chi connectivity index (χ2v) is 7.56. The fourth-order valence-corrected chi connectivity index (χ4v) is 3.92. The van der Waals surface area contributed by atoms with Crippen LogP contribution in [0, 0.1) is 19.3 Å². The van der Waals surface area contributed by atoms with Crippen molar-refractivity contribution in [2.75, 3.05) is 0 Å². The minimum absolute atomic E-state index is 0.0982. The molecular formula is C19H24F6. The Labute approximate surface area is 144 Å². The van der Waals surface area contributed by atoms with Gasteiger partial charge in [-0.2, -0.15) is 26.3 Å². The highest BCUT2D eigenvalue weighted by Gasteiger charge is 2.70. The minimum Gasteiger partial charge on any atom is -0.170 e. The van der Waals surface area contributed by atoms with Crippen LogP contribution in [0.25, 0.3) is 0 Å². The smallest absolute Gasteiger partial charge is 0.170 e. The molecular weight excluding hydrogens is 342 g/mol. The molecule has 0 bridgehead atoms. The average Bonchev–Trinajstić information content (AvgIpc) is 2.47. The zero-order valence-corrected chi connectivity index (χ0v) is 14.9. The maximum atomic E-state index is 13.2. The van der Waals surface area contributed by atoms with Crippen molar-refractivity contribution in [2.24, 2.45) is 5.41 Å². The largest absolute Gasteiger partial charge is 0.403 e. The Morgan fingerprint density at radius 3 is 1.80 bits per heavy atom. The molecule has 0 N–H and O–H groups in total. The quantitative estimate of drug-likeness (QED) is 0.486. The van der Waals surface area contributed by atoms with Crippen LogP contribution in [0.2, 0.25) is 0 Å². The maximum Gasteiger partial charge on any atom is 0.403 e. The molecule has 1 aliphatic rings. The predicted molar refractivity (Wildman–Crippen MR) is 85.8 cm³/mol. The van der Waals surface area contributed by atoms with Gasteiger partial charge >= 0.3 is 12.4 Å². The third kappa shape index (κ3) is 3.54. The Balaban J connectivity index is 2.31. The van der Waals surface area contributed by atoms with Gasteiger partial charge < -0.3 is 0 Å². The topological polar surface area (TPSA) is 0 Å². The van der Waals surface area contributed by atoms with E-state index in [1.54, 1.807) is 0 Å². The summed E-state index contributed by atoms with van der Waals surface area (Å²) in [6, 6.07) is 3.88. The van der Waals surface area contributed by atoms with Gasteiger partial charge in [0.2, 0.25) is 0 Å². The molecule has 0 atom stereocenters. The number of hydrogen-bond donors (Lipinski definition) is 0. The van der Waals surface area contributed by atoms with Crippen LogP contribution in [-0.4, -0.2) is 12.4 Å². The summed E-state index contributed by atoms with van der Waals surface area (Å²) in [4.78, 5) is 0. The number of hydrogen-bond acceptors (Lipinski definition) is 0. The molecule has 142 valence electrons. The summed E-state index contributed by atoms with van der Waals surface area (Å²) >= 11 is 0. The molecule has 1 aromatic rings. The van der Waals surface area contributed by atoms with Crippen molar-refractivity contribution in [1.82, 2.24) is 0 Å². The van der Waals surface area contributed by atoms with Gasteiger partial charge in [0.05, 0.1) is 0 Å². The van der Waals surface area contributed by atoms with E-state index in [-0.39, 0.29) is 24.7 Å². The number of benzene rings is 1. The lowest BCUT2D eigenvalue weighted by Gasteiger charge is -2.42. The molecule has 0 heterocycles. The molecule has 0 amide bonds. The van der Waals surface area contributed by atoms with Crippen LogP contribution in [-0.2, 0) is 0 Å². The summed E-state index contributed by atoms with van der Waals surface area (Å²) in [6.45, 7) is 7.99. The van der Waals surface area contributed by atoms with Crippen LogP contribution in [0.5, 0.6) is 0 Å². The molecule has 1 aromatic carbocycles. The third-order valence-corrected chi connectivity index (χ3v) is 5.75. The normalized spacial score (nSPS) is 19.5. The van der Waals surface area contributed by atoms with Crippen LogP contribution in [0.15, 0.2) is 12.1 Å². The van der Waals surface area contributed by atoms with Gasteiger partial charge in [-0.15, -0.1) is 0 Å². The Hall–Kier alpha value is -1.20. The zero-order chi connectivity index (χ0) is 19.2. The lowest BCUT2D eigenvalue weighted by molar-refractivity contribution is -0.350. The van der Waals surface area contributed by atoms with Crippen molar-refractivity contribution in [3.8, 4) is 0 Å². The highest BCUT2D eigenvalue weighted by Crippen LogP contribution is 2.60. The van der Waals surface area contributed by atoms with Gasteiger partial charge in [-0.05, 0) is 73.6 Å². The Kier molecular flexibility index (Phi) is 5.24. The zero-order valence-electron chi connectivity index (χ0n) is 14.9. The van der Waals surface area contributed by atoms with E-state index in [1.165, 1.54) is 0 Å². The van der Waals surface area contributed by atoms with Gasteiger partial charge in [-0.3, -0.25) is 0 Å². The summed E-state index contributed by atoms with van der Waals surface area (Å²) in [6.07, 6.45) is -12.5. The fraction of sp³-hybridized carbons (Fsp3) is 0.684. The number of alkyl halides is 6. The molecule has 0 unspecified atom stereocenters. The Bertz CT molecular complexity index is 600. The van der Waals surface area contributed by atoms with Crippen LogP contribution >= 0.6 is 0 Å². The fourth-order valence-electron chi connectivity index (χ4n) is 3.92. The van der Waals surface area contributed by atoms with E-state index in [4.69, 9.17) is 0 Å². The van der Waals surface area contributed by atoms with Crippen LogP contribution in [0.3, 0.4) is 0 Å². The minimum atomic E-state index is -5.26. The van der Waals surface area contributed by atoms with E-state index in [0.717, 1.165) is 22.3 Å². The summed E-state index contributed by atoms with van der Waals surface area (Å²) in [5.41, 5.74) is 0.583. The maximum absolute atomic E-state index is 13.2. The van der Waals surface area contributed by atoms with Gasteiger partial charge in [0, 0.05) is 0 Å². The first kappa shape index (κ1) is 20.1. The lowest BCUT2D eigenvalue weighted by atomic mass is 9.67. The van der Waals surface area contributed by atoms with Crippen molar-refractivity contribution in [3.63, 3.8) is 0 Å². The Morgan fingerprint density at radius 2 is 1.40 bits per heavy atom. The Morgan fingerprint density at radius 1 is 0.920 bits per heavy atom. The summed E-state index contributed by atoms with van der Waals surface area (Å²) in [5.74, 6) is 0.00121. The summed E-state index contributed by atoms with van der Waals surface area (Å²) in [5, 5.41) is 0. The molecule has 0 saturated heterocycles. The second kappa shape index (κ2) is 6.51. The number of rotatable bonds is 2.